The van der Waals surface area contributed by atoms with Crippen LogP contribution in [0.2, 0.25) is 5.02 Å². The molecule has 0 aliphatic rings. The number of nitrogens with one attached hydrogen (secondary N) is 1. The number of aryl methyl sites for hydroxylation is 1. The van der Waals surface area contributed by atoms with Gasteiger partial charge in [0.2, 0.25) is 5.95 Å². The van der Waals surface area contributed by atoms with Crippen molar-refractivity contribution in [1.82, 2.24) is 24.3 Å². The number of hydrogen-bond acceptors (Lipinski definition) is 7. The predicted molar refractivity (Wildman–Crippen MR) is 124 cm³/mol. The van der Waals surface area contributed by atoms with Crippen LogP contribution < -0.4 is 10.9 Å². The van der Waals surface area contributed by atoms with Crippen molar-refractivity contribution in [2.75, 3.05) is 11.9 Å². The Labute approximate surface area is 198 Å². The minimum absolute atomic E-state index is 0.0445. The molecule has 0 unspecified atom stereocenters. The SMILES string of the molecule is CC(=O)OC[C@H](c1ccc(Cl)c(F)c1)n1ccc(-c2ccnc(Nc3ccnn3C)n2)cc1=O. The van der Waals surface area contributed by atoms with Gasteiger partial charge < -0.3 is 14.6 Å². The fraction of sp³-hybridized carbons (Fsp3) is 0.174. The first-order chi connectivity index (χ1) is 16.3. The van der Waals surface area contributed by atoms with Crippen molar-refractivity contribution in [3.8, 4) is 11.3 Å². The Bertz CT molecular complexity index is 1400. The normalized spacial score (nSPS) is 11.8. The van der Waals surface area contributed by atoms with Crippen LogP contribution in [0.3, 0.4) is 0 Å². The fourth-order valence-electron chi connectivity index (χ4n) is 3.35. The van der Waals surface area contributed by atoms with Crippen LogP contribution >= 0.6 is 11.6 Å². The maximum atomic E-state index is 14.1. The molecule has 0 aliphatic heterocycles. The van der Waals surface area contributed by atoms with Crippen molar-refractivity contribution in [3.05, 3.63) is 87.8 Å². The lowest BCUT2D eigenvalue weighted by molar-refractivity contribution is -0.141. The highest BCUT2D eigenvalue weighted by Crippen LogP contribution is 2.24. The zero-order valence-corrected chi connectivity index (χ0v) is 19.0. The number of anilines is 2. The molecule has 3 aromatic heterocycles. The molecule has 11 heteroatoms. The fourth-order valence-corrected chi connectivity index (χ4v) is 3.47. The molecule has 9 nitrogen and oxygen atoms in total. The second-order valence-electron chi connectivity index (χ2n) is 7.38. The monoisotopic (exact) mass is 482 g/mol. The molecule has 0 aliphatic carbocycles. The van der Waals surface area contributed by atoms with Gasteiger partial charge in [-0.3, -0.25) is 14.3 Å². The van der Waals surface area contributed by atoms with Crippen molar-refractivity contribution in [3.63, 3.8) is 0 Å². The molecular formula is C23H20ClFN6O3. The molecule has 0 amide bonds. The molecule has 0 saturated heterocycles. The molecule has 1 aromatic carbocycles. The van der Waals surface area contributed by atoms with Crippen LogP contribution in [0.1, 0.15) is 18.5 Å². The molecular weight excluding hydrogens is 463 g/mol. The smallest absolute Gasteiger partial charge is 0.302 e. The molecule has 174 valence electrons. The summed E-state index contributed by atoms with van der Waals surface area (Å²) >= 11 is 5.79. The Morgan fingerprint density at radius 1 is 1.21 bits per heavy atom. The van der Waals surface area contributed by atoms with E-state index in [1.807, 2.05) is 0 Å². The molecule has 1 atom stereocenters. The number of rotatable bonds is 7. The van der Waals surface area contributed by atoms with E-state index < -0.39 is 17.8 Å². The minimum atomic E-state index is -0.746. The van der Waals surface area contributed by atoms with Crippen molar-refractivity contribution in [1.29, 1.82) is 0 Å². The third kappa shape index (κ3) is 5.12. The van der Waals surface area contributed by atoms with Crippen LogP contribution in [-0.4, -0.2) is 36.9 Å². The summed E-state index contributed by atoms with van der Waals surface area (Å²) in [6, 6.07) is 10.0. The van der Waals surface area contributed by atoms with Crippen molar-refractivity contribution >= 4 is 29.3 Å². The van der Waals surface area contributed by atoms with E-state index in [0.29, 0.717) is 28.6 Å². The van der Waals surface area contributed by atoms with Crippen LogP contribution in [0.25, 0.3) is 11.3 Å². The third-order valence-electron chi connectivity index (χ3n) is 5.07. The Kier molecular flexibility index (Phi) is 6.69. The summed E-state index contributed by atoms with van der Waals surface area (Å²) in [5, 5.41) is 7.11. The third-order valence-corrected chi connectivity index (χ3v) is 5.38. The summed E-state index contributed by atoms with van der Waals surface area (Å²) in [4.78, 5) is 33.1. The summed E-state index contributed by atoms with van der Waals surface area (Å²) in [6.45, 7) is 1.11. The Hall–Kier alpha value is -4.05. The van der Waals surface area contributed by atoms with Gasteiger partial charge in [-0.1, -0.05) is 17.7 Å². The lowest BCUT2D eigenvalue weighted by Crippen LogP contribution is -2.28. The Morgan fingerprint density at radius 2 is 2.03 bits per heavy atom. The lowest BCUT2D eigenvalue weighted by Gasteiger charge is -2.20. The number of nitrogens with zero attached hydrogens (tertiary/aromatic N) is 5. The number of hydrogen-bond donors (Lipinski definition) is 1. The lowest BCUT2D eigenvalue weighted by atomic mass is 10.1. The number of benzene rings is 1. The number of carbonyl (C=O) groups is 1. The topological polar surface area (TPSA) is 104 Å². The van der Waals surface area contributed by atoms with E-state index in [-0.39, 0.29) is 17.2 Å². The first-order valence-corrected chi connectivity index (χ1v) is 10.6. The number of pyridine rings is 1. The molecule has 3 heterocycles. The van der Waals surface area contributed by atoms with E-state index in [0.717, 1.165) is 0 Å². The van der Waals surface area contributed by atoms with Gasteiger partial charge in [0.1, 0.15) is 18.2 Å². The van der Waals surface area contributed by atoms with Gasteiger partial charge in [0, 0.05) is 44.1 Å². The van der Waals surface area contributed by atoms with Crippen molar-refractivity contribution in [2.45, 2.75) is 13.0 Å². The van der Waals surface area contributed by atoms with Crippen molar-refractivity contribution < 1.29 is 13.9 Å². The molecule has 4 rings (SSSR count). The number of esters is 1. The maximum absolute atomic E-state index is 14.1. The van der Waals surface area contributed by atoms with Crippen LogP contribution in [0, 0.1) is 5.82 Å². The van der Waals surface area contributed by atoms with E-state index in [1.165, 1.54) is 29.7 Å². The first-order valence-electron chi connectivity index (χ1n) is 10.2. The van der Waals surface area contributed by atoms with Crippen molar-refractivity contribution in [2.24, 2.45) is 7.05 Å². The predicted octanol–water partition coefficient (Wildman–Crippen LogP) is 3.73. The highest BCUT2D eigenvalue weighted by atomic mass is 35.5. The van der Waals surface area contributed by atoms with Gasteiger partial charge in [0.25, 0.3) is 5.56 Å². The summed E-state index contributed by atoms with van der Waals surface area (Å²) in [5.74, 6) is -0.102. The number of carbonyl (C=O) groups excluding carboxylic acids is 1. The number of ether oxygens (including phenoxy) is 1. The highest BCUT2D eigenvalue weighted by molar-refractivity contribution is 6.30. The molecule has 4 aromatic rings. The quantitative estimate of drug-likeness (QED) is 0.400. The average molecular weight is 483 g/mol. The maximum Gasteiger partial charge on any atom is 0.302 e. The van der Waals surface area contributed by atoms with Gasteiger partial charge in [-0.2, -0.15) is 5.10 Å². The molecule has 34 heavy (non-hydrogen) atoms. The Morgan fingerprint density at radius 3 is 2.71 bits per heavy atom. The van der Waals surface area contributed by atoms with Gasteiger partial charge >= 0.3 is 5.97 Å². The summed E-state index contributed by atoms with van der Waals surface area (Å²) in [5.41, 5.74) is 1.13. The molecule has 0 spiro atoms. The molecule has 0 fully saturated rings. The first kappa shape index (κ1) is 23.1. The average Bonchev–Trinajstić information content (AvgIpc) is 3.21. The van der Waals surface area contributed by atoms with Crippen LogP contribution in [0.15, 0.2) is 65.8 Å². The van der Waals surface area contributed by atoms with Crippen LogP contribution in [0.5, 0.6) is 0 Å². The van der Waals surface area contributed by atoms with E-state index in [4.69, 9.17) is 16.3 Å². The largest absolute Gasteiger partial charge is 0.463 e. The zero-order valence-electron chi connectivity index (χ0n) is 18.3. The van der Waals surface area contributed by atoms with Gasteiger partial charge in [-0.25, -0.2) is 14.4 Å². The van der Waals surface area contributed by atoms with E-state index in [9.17, 15) is 14.0 Å². The summed E-state index contributed by atoms with van der Waals surface area (Å²) < 4.78 is 22.2. The van der Waals surface area contributed by atoms with Crippen LogP contribution in [-0.2, 0) is 16.6 Å². The highest BCUT2D eigenvalue weighted by Gasteiger charge is 2.19. The summed E-state index contributed by atoms with van der Waals surface area (Å²) in [7, 11) is 1.78. The van der Waals surface area contributed by atoms with E-state index in [2.05, 4.69) is 20.4 Å². The van der Waals surface area contributed by atoms with Gasteiger partial charge in [0.05, 0.1) is 23.0 Å². The van der Waals surface area contributed by atoms with E-state index in [1.54, 1.807) is 54.6 Å². The molecule has 0 bridgehead atoms. The molecule has 0 radical (unpaired) electrons. The molecule has 1 N–H and O–H groups in total. The second-order valence-corrected chi connectivity index (χ2v) is 7.79. The zero-order chi connectivity index (χ0) is 24.2. The Balaban J connectivity index is 1.66. The van der Waals surface area contributed by atoms with Crippen LogP contribution in [0.4, 0.5) is 16.2 Å². The second kappa shape index (κ2) is 9.84. The minimum Gasteiger partial charge on any atom is -0.463 e. The molecule has 0 saturated carbocycles. The van der Waals surface area contributed by atoms with Gasteiger partial charge in [0.15, 0.2) is 0 Å². The standard InChI is InChI=1S/C23H20ClFN6O3/c1-14(32)34-13-20(16-3-4-17(24)18(25)11-16)31-10-7-15(12-22(31)33)19-5-8-26-23(28-19)29-21-6-9-27-30(21)2/h3-12,20H,13H2,1-2H3,(H,26,28,29)/t20-/m1/s1. The number of halogens is 2. The number of aromatic nitrogens is 5. The van der Waals surface area contributed by atoms with E-state index >= 15 is 0 Å². The van der Waals surface area contributed by atoms with Gasteiger partial charge in [-0.05, 0) is 29.8 Å². The van der Waals surface area contributed by atoms with Gasteiger partial charge in [-0.15, -0.1) is 0 Å². The summed E-state index contributed by atoms with van der Waals surface area (Å²) in [6.07, 6.45) is 4.77.